The first-order valence-corrected chi connectivity index (χ1v) is 8.43. The molecule has 0 aliphatic heterocycles. The second-order valence-electron chi connectivity index (χ2n) is 6.79. The van der Waals surface area contributed by atoms with E-state index in [-0.39, 0.29) is 6.61 Å². The van der Waals surface area contributed by atoms with Crippen molar-refractivity contribution < 1.29 is 14.6 Å². The molecule has 1 unspecified atom stereocenters. The zero-order valence-electron chi connectivity index (χ0n) is 14.4. The van der Waals surface area contributed by atoms with Gasteiger partial charge in [0.2, 0.25) is 0 Å². The summed E-state index contributed by atoms with van der Waals surface area (Å²) in [5.41, 5.74) is 0.0954. The molecule has 1 heterocycles. The highest BCUT2D eigenvalue weighted by Gasteiger charge is 2.31. The van der Waals surface area contributed by atoms with Crippen LogP contribution in [0.2, 0.25) is 0 Å². The quantitative estimate of drug-likeness (QED) is 0.841. The third kappa shape index (κ3) is 5.57. The number of carbonyl (C=O) groups is 1. The molecule has 1 aromatic rings. The number of alkyl carbamates (subject to hydrolysis) is 1. The van der Waals surface area contributed by atoms with E-state index >= 15 is 0 Å². The van der Waals surface area contributed by atoms with Crippen molar-refractivity contribution in [3.05, 3.63) is 15.6 Å². The number of carbonyl (C=O) groups excluding carboxylic acids is 1. The van der Waals surface area contributed by atoms with Gasteiger partial charge in [-0.2, -0.15) is 0 Å². The Morgan fingerprint density at radius 3 is 2.41 bits per heavy atom. The van der Waals surface area contributed by atoms with Gasteiger partial charge in [-0.1, -0.05) is 6.92 Å². The van der Waals surface area contributed by atoms with E-state index in [4.69, 9.17) is 4.74 Å². The molecule has 0 aliphatic rings. The summed E-state index contributed by atoms with van der Waals surface area (Å²) in [6, 6.07) is 0. The second-order valence-corrected chi connectivity index (χ2v) is 8.08. The van der Waals surface area contributed by atoms with Gasteiger partial charge in [0.15, 0.2) is 0 Å². The SMILES string of the molecule is CCC(CO)(CNC(=O)OC(C)(C)C)Cc1nc(C)c(C)s1. The van der Waals surface area contributed by atoms with Crippen LogP contribution in [0.25, 0.3) is 0 Å². The molecule has 126 valence electrons. The molecule has 0 saturated carbocycles. The van der Waals surface area contributed by atoms with Crippen LogP contribution in [-0.2, 0) is 11.2 Å². The van der Waals surface area contributed by atoms with Crippen LogP contribution in [0.4, 0.5) is 4.79 Å². The predicted molar refractivity (Wildman–Crippen MR) is 89.3 cm³/mol. The van der Waals surface area contributed by atoms with Gasteiger partial charge in [-0.15, -0.1) is 11.3 Å². The fourth-order valence-corrected chi connectivity index (χ4v) is 3.15. The Kier molecular flexibility index (Phi) is 6.38. The largest absolute Gasteiger partial charge is 0.444 e. The monoisotopic (exact) mass is 328 g/mol. The van der Waals surface area contributed by atoms with Crippen molar-refractivity contribution in [2.75, 3.05) is 13.2 Å². The average molecular weight is 328 g/mol. The number of ether oxygens (including phenoxy) is 1. The molecule has 0 radical (unpaired) electrons. The predicted octanol–water partition coefficient (Wildman–Crippen LogP) is 3.22. The van der Waals surface area contributed by atoms with Crippen LogP contribution in [0.15, 0.2) is 0 Å². The van der Waals surface area contributed by atoms with Crippen molar-refractivity contribution in [2.24, 2.45) is 5.41 Å². The summed E-state index contributed by atoms with van der Waals surface area (Å²) in [6.07, 6.45) is 0.942. The lowest BCUT2D eigenvalue weighted by Gasteiger charge is -2.30. The summed E-state index contributed by atoms with van der Waals surface area (Å²) < 4.78 is 5.25. The maximum Gasteiger partial charge on any atom is 0.407 e. The van der Waals surface area contributed by atoms with Gasteiger partial charge in [0.05, 0.1) is 17.3 Å². The molecule has 0 saturated heterocycles. The Morgan fingerprint density at radius 1 is 1.36 bits per heavy atom. The molecule has 1 rings (SSSR count). The first-order valence-electron chi connectivity index (χ1n) is 7.61. The first kappa shape index (κ1) is 18.9. The maximum atomic E-state index is 11.8. The number of aromatic nitrogens is 1. The smallest absolute Gasteiger partial charge is 0.407 e. The molecular formula is C16H28N2O3S. The fraction of sp³-hybridized carbons (Fsp3) is 0.750. The molecule has 0 fully saturated rings. The summed E-state index contributed by atoms with van der Waals surface area (Å²) in [7, 11) is 0. The standard InChI is InChI=1S/C16H28N2O3S/c1-7-16(10-19,8-13-18-11(2)12(3)22-13)9-17-14(20)21-15(4,5)6/h19H,7-10H2,1-6H3,(H,17,20). The number of hydrogen-bond donors (Lipinski definition) is 2. The lowest BCUT2D eigenvalue weighted by Crippen LogP contribution is -2.43. The lowest BCUT2D eigenvalue weighted by molar-refractivity contribution is 0.0461. The summed E-state index contributed by atoms with van der Waals surface area (Å²) in [6.45, 7) is 11.9. The van der Waals surface area contributed by atoms with E-state index in [1.54, 1.807) is 11.3 Å². The van der Waals surface area contributed by atoms with Crippen LogP contribution in [-0.4, -0.2) is 34.9 Å². The highest BCUT2D eigenvalue weighted by molar-refractivity contribution is 7.11. The Balaban J connectivity index is 2.72. The van der Waals surface area contributed by atoms with Crippen molar-refractivity contribution in [3.8, 4) is 0 Å². The molecule has 1 amide bonds. The van der Waals surface area contributed by atoms with Gasteiger partial charge < -0.3 is 15.2 Å². The minimum atomic E-state index is -0.526. The van der Waals surface area contributed by atoms with Crippen LogP contribution in [0.1, 0.15) is 49.7 Å². The van der Waals surface area contributed by atoms with Gasteiger partial charge >= 0.3 is 6.09 Å². The topological polar surface area (TPSA) is 71.5 Å². The Hall–Kier alpha value is -1.14. The van der Waals surface area contributed by atoms with Crippen LogP contribution >= 0.6 is 11.3 Å². The number of nitrogens with zero attached hydrogens (tertiary/aromatic N) is 1. The number of rotatable bonds is 6. The van der Waals surface area contributed by atoms with Gasteiger partial charge in [-0.05, 0) is 41.0 Å². The van der Waals surface area contributed by atoms with E-state index in [0.717, 1.165) is 17.1 Å². The number of nitrogens with one attached hydrogen (secondary N) is 1. The van der Waals surface area contributed by atoms with Crippen molar-refractivity contribution in [1.29, 1.82) is 0 Å². The summed E-state index contributed by atoms with van der Waals surface area (Å²) in [5.74, 6) is 0. The number of hydrogen-bond acceptors (Lipinski definition) is 5. The fourth-order valence-electron chi connectivity index (χ4n) is 2.05. The van der Waals surface area contributed by atoms with Crippen LogP contribution < -0.4 is 5.32 Å². The molecule has 5 nitrogen and oxygen atoms in total. The number of aryl methyl sites for hydroxylation is 2. The molecule has 6 heteroatoms. The molecule has 0 aromatic carbocycles. The minimum absolute atomic E-state index is 0.00300. The van der Waals surface area contributed by atoms with Crippen molar-refractivity contribution in [2.45, 2.75) is 60.0 Å². The number of thiazole rings is 1. The van der Waals surface area contributed by atoms with E-state index in [2.05, 4.69) is 10.3 Å². The zero-order chi connectivity index (χ0) is 17.0. The third-order valence-corrected chi connectivity index (χ3v) is 4.76. The highest BCUT2D eigenvalue weighted by atomic mass is 32.1. The number of amides is 1. The molecule has 1 atom stereocenters. The van der Waals surface area contributed by atoms with Gasteiger partial charge in [-0.3, -0.25) is 0 Å². The molecular weight excluding hydrogens is 300 g/mol. The number of aliphatic hydroxyl groups is 1. The molecule has 2 N–H and O–H groups in total. The first-order chi connectivity index (χ1) is 10.1. The van der Waals surface area contributed by atoms with Crippen LogP contribution in [0.3, 0.4) is 0 Å². The molecule has 0 aliphatic carbocycles. The summed E-state index contributed by atoms with van der Waals surface area (Å²) in [5, 5.41) is 13.6. The van der Waals surface area contributed by atoms with Crippen molar-refractivity contribution in [1.82, 2.24) is 10.3 Å². The second kappa shape index (κ2) is 7.42. The van der Waals surface area contributed by atoms with Gasteiger partial charge in [-0.25, -0.2) is 9.78 Å². The van der Waals surface area contributed by atoms with E-state index in [0.29, 0.717) is 13.0 Å². The van der Waals surface area contributed by atoms with Crippen molar-refractivity contribution >= 4 is 17.4 Å². The highest BCUT2D eigenvalue weighted by Crippen LogP contribution is 2.29. The molecule has 22 heavy (non-hydrogen) atoms. The van der Waals surface area contributed by atoms with E-state index in [1.807, 2.05) is 41.5 Å². The van der Waals surface area contributed by atoms with E-state index in [9.17, 15) is 9.90 Å². The molecule has 0 bridgehead atoms. The van der Waals surface area contributed by atoms with Crippen molar-refractivity contribution in [3.63, 3.8) is 0 Å². The lowest BCUT2D eigenvalue weighted by atomic mass is 9.82. The Bertz CT molecular complexity index is 482. The van der Waals surface area contributed by atoms with Gasteiger partial charge in [0.1, 0.15) is 5.60 Å². The normalized spacial score (nSPS) is 14.5. The Morgan fingerprint density at radius 2 is 2.00 bits per heavy atom. The van der Waals surface area contributed by atoms with Gasteiger partial charge in [0.25, 0.3) is 0 Å². The van der Waals surface area contributed by atoms with E-state index < -0.39 is 17.1 Å². The third-order valence-electron chi connectivity index (χ3n) is 3.69. The minimum Gasteiger partial charge on any atom is -0.444 e. The van der Waals surface area contributed by atoms with Crippen LogP contribution in [0, 0.1) is 19.3 Å². The maximum absolute atomic E-state index is 11.8. The zero-order valence-corrected chi connectivity index (χ0v) is 15.3. The van der Waals surface area contributed by atoms with E-state index in [1.165, 1.54) is 4.88 Å². The molecule has 0 spiro atoms. The summed E-state index contributed by atoms with van der Waals surface area (Å²) in [4.78, 5) is 17.6. The van der Waals surface area contributed by atoms with Gasteiger partial charge in [0, 0.05) is 23.3 Å². The molecule has 1 aromatic heterocycles. The number of aliphatic hydroxyl groups excluding tert-OH is 1. The summed E-state index contributed by atoms with van der Waals surface area (Å²) >= 11 is 1.65. The van der Waals surface area contributed by atoms with Crippen LogP contribution in [0.5, 0.6) is 0 Å². The Labute approximate surface area is 137 Å². The average Bonchev–Trinajstić information content (AvgIpc) is 2.71.